The average molecular weight is 651 g/mol. The van der Waals surface area contributed by atoms with E-state index in [1.807, 2.05) is 18.2 Å². The first kappa shape index (κ1) is 29.1. The number of nitrogens with zero attached hydrogens (tertiary/aromatic N) is 2. The third-order valence-corrected chi connectivity index (χ3v) is 9.87. The molecule has 0 N–H and O–H groups in total. The molecule has 0 radical (unpaired) electrons. The van der Waals surface area contributed by atoms with Crippen LogP contribution in [0.2, 0.25) is 0 Å². The van der Waals surface area contributed by atoms with Crippen LogP contribution in [-0.4, -0.2) is 9.97 Å². The zero-order valence-corrected chi connectivity index (χ0v) is 27.6. The van der Waals surface area contributed by atoms with Crippen LogP contribution in [0.4, 0.5) is 0 Å². The van der Waals surface area contributed by atoms with Crippen molar-refractivity contribution in [3.05, 3.63) is 182 Å². The van der Waals surface area contributed by atoms with Gasteiger partial charge in [-0.3, -0.25) is 0 Å². The first-order valence-corrected chi connectivity index (χ1v) is 17.2. The van der Waals surface area contributed by atoms with Crippen LogP contribution in [0, 0.1) is 0 Å². The van der Waals surface area contributed by atoms with Crippen molar-refractivity contribution in [2.24, 2.45) is 0 Å². The lowest BCUT2D eigenvalue weighted by Crippen LogP contribution is -1.96. The molecule has 0 aliphatic rings. The van der Waals surface area contributed by atoms with Gasteiger partial charge in [-0.15, -0.1) is 0 Å². The van der Waals surface area contributed by atoms with E-state index in [-0.39, 0.29) is 0 Å². The number of hydrogen-bond donors (Lipinski definition) is 0. The summed E-state index contributed by atoms with van der Waals surface area (Å²) in [4.78, 5) is 10.3. The summed E-state index contributed by atoms with van der Waals surface area (Å²) in [5.74, 6) is 0.674. The van der Waals surface area contributed by atoms with Gasteiger partial charge in [0.15, 0.2) is 5.82 Å². The molecule has 0 saturated carbocycles. The summed E-state index contributed by atoms with van der Waals surface area (Å²) in [6, 6.07) is 63.8. The number of fused-ring (bicyclic) bond motifs is 6. The fourth-order valence-electron chi connectivity index (χ4n) is 7.34. The van der Waals surface area contributed by atoms with Crippen LogP contribution < -0.4 is 0 Å². The van der Waals surface area contributed by atoms with E-state index in [1.165, 1.54) is 33.0 Å². The molecule has 238 valence electrons. The molecular formula is C48H30N2O. The first-order chi connectivity index (χ1) is 25.3. The Morgan fingerprint density at radius 2 is 0.882 bits per heavy atom. The highest BCUT2D eigenvalue weighted by Gasteiger charge is 2.19. The summed E-state index contributed by atoms with van der Waals surface area (Å²) in [6.45, 7) is 0. The Morgan fingerprint density at radius 3 is 1.63 bits per heavy atom. The van der Waals surface area contributed by atoms with Gasteiger partial charge in [-0.25, -0.2) is 9.97 Å². The monoisotopic (exact) mass is 650 g/mol. The predicted molar refractivity (Wildman–Crippen MR) is 212 cm³/mol. The van der Waals surface area contributed by atoms with Crippen molar-refractivity contribution in [1.29, 1.82) is 0 Å². The fourth-order valence-corrected chi connectivity index (χ4v) is 7.34. The zero-order chi connectivity index (χ0) is 33.7. The minimum absolute atomic E-state index is 0.674. The summed E-state index contributed by atoms with van der Waals surface area (Å²) in [5, 5.41) is 6.76. The quantitative estimate of drug-likeness (QED) is 0.186. The topological polar surface area (TPSA) is 38.9 Å². The molecule has 0 atom stereocenters. The largest absolute Gasteiger partial charge is 0.455 e. The fraction of sp³-hybridized carbons (Fsp3) is 0. The summed E-state index contributed by atoms with van der Waals surface area (Å²) >= 11 is 0. The molecule has 0 fully saturated rings. The molecule has 8 aromatic carbocycles. The number of para-hydroxylation sites is 1. The highest BCUT2D eigenvalue weighted by atomic mass is 16.3. The van der Waals surface area contributed by atoms with Gasteiger partial charge >= 0.3 is 0 Å². The van der Waals surface area contributed by atoms with Crippen molar-refractivity contribution >= 4 is 43.5 Å². The SMILES string of the molecule is c1ccc(-c2ccc3cc(-c4cc(-c5cccc6c5oc5c7ccccc7c(-c7ccccc7)cc65)nc(-c5ccccc5)n4)ccc3c2)cc1. The molecule has 0 aliphatic carbocycles. The Bertz CT molecular complexity index is 2890. The van der Waals surface area contributed by atoms with E-state index in [2.05, 4.69) is 164 Å². The lowest BCUT2D eigenvalue weighted by molar-refractivity contribution is 0.673. The van der Waals surface area contributed by atoms with Crippen LogP contribution in [0.5, 0.6) is 0 Å². The Labute approximate surface area is 295 Å². The van der Waals surface area contributed by atoms with Gasteiger partial charge in [-0.2, -0.15) is 0 Å². The van der Waals surface area contributed by atoms with E-state index in [9.17, 15) is 0 Å². The minimum atomic E-state index is 0.674. The van der Waals surface area contributed by atoms with Crippen molar-refractivity contribution in [2.75, 3.05) is 0 Å². The van der Waals surface area contributed by atoms with Crippen molar-refractivity contribution in [3.8, 4) is 56.2 Å². The minimum Gasteiger partial charge on any atom is -0.455 e. The molecule has 0 saturated heterocycles. The predicted octanol–water partition coefficient (Wildman–Crippen LogP) is 13.0. The molecule has 51 heavy (non-hydrogen) atoms. The van der Waals surface area contributed by atoms with Crippen LogP contribution in [0.15, 0.2) is 186 Å². The summed E-state index contributed by atoms with van der Waals surface area (Å²) in [6.07, 6.45) is 0. The zero-order valence-electron chi connectivity index (χ0n) is 27.6. The number of benzene rings is 8. The highest BCUT2D eigenvalue weighted by Crippen LogP contribution is 2.42. The number of hydrogen-bond acceptors (Lipinski definition) is 3. The van der Waals surface area contributed by atoms with E-state index in [1.54, 1.807) is 0 Å². The molecular weight excluding hydrogens is 621 g/mol. The van der Waals surface area contributed by atoms with Crippen molar-refractivity contribution < 1.29 is 4.42 Å². The van der Waals surface area contributed by atoms with Crippen LogP contribution in [0.1, 0.15) is 0 Å². The summed E-state index contributed by atoms with van der Waals surface area (Å²) in [5.41, 5.74) is 11.1. The van der Waals surface area contributed by atoms with Gasteiger partial charge in [0, 0.05) is 32.8 Å². The standard InChI is InChI=1S/C48H30N2O/c1-4-13-31(14-5-1)34-23-24-36-28-37(26-25-35(36)27-34)44-30-45(50-48(49-44)33-17-8-3-9-18-33)41-22-12-21-40-43-29-42(32-15-6-2-7-16-32)38-19-10-11-20-39(38)47(43)51-46(40)41/h1-30H. The second-order valence-corrected chi connectivity index (χ2v) is 13.0. The van der Waals surface area contributed by atoms with Gasteiger partial charge in [0.2, 0.25) is 0 Å². The van der Waals surface area contributed by atoms with E-state index >= 15 is 0 Å². The van der Waals surface area contributed by atoms with Crippen LogP contribution in [0.3, 0.4) is 0 Å². The lowest BCUT2D eigenvalue weighted by atomic mass is 9.95. The molecule has 0 amide bonds. The average Bonchev–Trinajstić information content (AvgIpc) is 3.60. The maximum absolute atomic E-state index is 6.88. The van der Waals surface area contributed by atoms with Crippen LogP contribution in [0.25, 0.3) is 99.6 Å². The van der Waals surface area contributed by atoms with Crippen LogP contribution in [-0.2, 0) is 0 Å². The smallest absolute Gasteiger partial charge is 0.160 e. The molecule has 3 heteroatoms. The van der Waals surface area contributed by atoms with E-state index in [4.69, 9.17) is 14.4 Å². The van der Waals surface area contributed by atoms with Crippen molar-refractivity contribution in [3.63, 3.8) is 0 Å². The maximum Gasteiger partial charge on any atom is 0.160 e. The molecule has 2 heterocycles. The third-order valence-electron chi connectivity index (χ3n) is 9.87. The number of aromatic nitrogens is 2. The van der Waals surface area contributed by atoms with Gasteiger partial charge in [0.25, 0.3) is 0 Å². The Balaban J connectivity index is 1.17. The molecule has 2 aromatic heterocycles. The van der Waals surface area contributed by atoms with Crippen molar-refractivity contribution in [2.45, 2.75) is 0 Å². The van der Waals surface area contributed by atoms with Gasteiger partial charge in [0.1, 0.15) is 11.2 Å². The van der Waals surface area contributed by atoms with Gasteiger partial charge in [-0.1, -0.05) is 152 Å². The molecule has 0 bridgehead atoms. The molecule has 3 nitrogen and oxygen atoms in total. The van der Waals surface area contributed by atoms with Gasteiger partial charge in [0.05, 0.1) is 11.4 Å². The molecule has 10 aromatic rings. The molecule has 10 rings (SSSR count). The normalized spacial score (nSPS) is 11.5. The van der Waals surface area contributed by atoms with Gasteiger partial charge < -0.3 is 4.42 Å². The molecule has 0 aliphatic heterocycles. The third kappa shape index (κ3) is 5.06. The highest BCUT2D eigenvalue weighted by molar-refractivity contribution is 6.20. The summed E-state index contributed by atoms with van der Waals surface area (Å²) in [7, 11) is 0. The Morgan fingerprint density at radius 1 is 0.314 bits per heavy atom. The van der Waals surface area contributed by atoms with E-state index < -0.39 is 0 Å². The van der Waals surface area contributed by atoms with Crippen LogP contribution >= 0.6 is 0 Å². The second-order valence-electron chi connectivity index (χ2n) is 13.0. The first-order valence-electron chi connectivity index (χ1n) is 17.2. The van der Waals surface area contributed by atoms with E-state index in [0.29, 0.717) is 5.82 Å². The Kier molecular flexibility index (Phi) is 6.81. The second kappa shape index (κ2) is 11.9. The van der Waals surface area contributed by atoms with Gasteiger partial charge in [-0.05, 0) is 68.7 Å². The number of rotatable bonds is 5. The molecule has 0 unspecified atom stereocenters. The van der Waals surface area contributed by atoms with Crippen molar-refractivity contribution in [1.82, 2.24) is 9.97 Å². The number of furan rings is 1. The molecule has 0 spiro atoms. The maximum atomic E-state index is 6.88. The van der Waals surface area contributed by atoms with E-state index in [0.717, 1.165) is 60.8 Å². The summed E-state index contributed by atoms with van der Waals surface area (Å²) < 4.78 is 6.88. The Hall–Kier alpha value is -6.84. The lowest BCUT2D eigenvalue weighted by Gasteiger charge is -2.11.